The summed E-state index contributed by atoms with van der Waals surface area (Å²) >= 11 is 0. The van der Waals surface area contributed by atoms with E-state index in [2.05, 4.69) is 17.4 Å². The Bertz CT molecular complexity index is 813. The molecule has 1 heterocycles. The van der Waals surface area contributed by atoms with Crippen molar-refractivity contribution >= 4 is 11.6 Å². The number of carbonyl (C=O) groups excluding carboxylic acids is 1. The van der Waals surface area contributed by atoms with E-state index in [4.69, 9.17) is 4.42 Å². The van der Waals surface area contributed by atoms with E-state index in [1.807, 2.05) is 73.8 Å². The van der Waals surface area contributed by atoms with E-state index >= 15 is 0 Å². The third-order valence-corrected chi connectivity index (χ3v) is 4.19. The molecule has 0 fully saturated rings. The third-order valence-electron chi connectivity index (χ3n) is 4.19. The predicted octanol–water partition coefficient (Wildman–Crippen LogP) is 3.27. The number of nitrogens with two attached hydrogens (primary N) is 1. The zero-order chi connectivity index (χ0) is 17.6. The number of amides is 1. The van der Waals surface area contributed by atoms with Gasteiger partial charge in [-0.25, -0.2) is 0 Å². The smallest absolute Gasteiger partial charge is 0.282 e. The number of nitrogens with one attached hydrogen (secondary N) is 1. The predicted molar refractivity (Wildman–Crippen MR) is 98.2 cm³/mol. The number of aryl methyl sites for hydroxylation is 1. The van der Waals surface area contributed by atoms with E-state index in [1.54, 1.807) is 6.26 Å². The number of carbonyl (C=O) groups is 1. The molecule has 1 aromatic heterocycles. The maximum Gasteiger partial charge on any atom is 0.282 e. The topological polar surface area (TPSA) is 58.9 Å². The minimum Gasteiger partial charge on any atom is -0.463 e. The van der Waals surface area contributed by atoms with Crippen LogP contribution in [0.5, 0.6) is 0 Å². The summed E-state index contributed by atoms with van der Waals surface area (Å²) in [4.78, 5) is 12.6. The molecule has 0 saturated carbocycles. The van der Waals surface area contributed by atoms with Gasteiger partial charge in [0, 0.05) is 11.3 Å². The molecule has 4 heteroatoms. The molecule has 0 aliphatic carbocycles. The number of furan rings is 1. The van der Waals surface area contributed by atoms with Gasteiger partial charge in [0.15, 0.2) is 17.8 Å². The van der Waals surface area contributed by atoms with E-state index in [0.29, 0.717) is 0 Å². The lowest BCUT2D eigenvalue weighted by Crippen LogP contribution is -2.92. The highest BCUT2D eigenvalue weighted by Gasteiger charge is 2.26. The average Bonchev–Trinajstić information content (AvgIpc) is 3.14. The van der Waals surface area contributed by atoms with Crippen LogP contribution in [0.25, 0.3) is 0 Å². The van der Waals surface area contributed by atoms with Crippen molar-refractivity contribution in [2.45, 2.75) is 25.9 Å². The Balaban J connectivity index is 1.74. The molecule has 4 nitrogen and oxygen atoms in total. The summed E-state index contributed by atoms with van der Waals surface area (Å²) in [6.45, 7) is 3.91. The van der Waals surface area contributed by atoms with Crippen LogP contribution in [0, 0.1) is 6.92 Å². The van der Waals surface area contributed by atoms with Gasteiger partial charge < -0.3 is 15.1 Å². The Morgan fingerprint density at radius 3 is 2.52 bits per heavy atom. The molecule has 0 radical (unpaired) electrons. The summed E-state index contributed by atoms with van der Waals surface area (Å²) in [5, 5.41) is 5.01. The van der Waals surface area contributed by atoms with Crippen molar-refractivity contribution in [1.29, 1.82) is 0 Å². The fourth-order valence-corrected chi connectivity index (χ4v) is 2.85. The van der Waals surface area contributed by atoms with Crippen molar-refractivity contribution in [3.05, 3.63) is 89.9 Å². The van der Waals surface area contributed by atoms with Crippen molar-refractivity contribution in [1.82, 2.24) is 0 Å². The Morgan fingerprint density at radius 2 is 1.84 bits per heavy atom. The molecule has 1 amide bonds. The molecule has 0 aliphatic heterocycles. The standard InChI is InChI=1S/C21H22N2O2/c1-15-8-6-11-18(14-15)23-21(24)16(2)22-20(19-12-7-13-25-19)17-9-4-3-5-10-17/h3-14,16,20,22H,1-2H3,(H,23,24)/p+1/t16-,20-/m0/s1. The lowest BCUT2D eigenvalue weighted by molar-refractivity contribution is -0.706. The zero-order valence-corrected chi connectivity index (χ0v) is 14.5. The molecular weight excluding hydrogens is 312 g/mol. The van der Waals surface area contributed by atoms with E-state index in [-0.39, 0.29) is 18.0 Å². The van der Waals surface area contributed by atoms with Crippen molar-refractivity contribution < 1.29 is 14.5 Å². The second kappa shape index (κ2) is 7.81. The number of anilines is 1. The second-order valence-corrected chi connectivity index (χ2v) is 6.24. The molecular formula is C21H23N2O2+. The minimum atomic E-state index is -0.268. The first-order chi connectivity index (χ1) is 12.1. The number of hydrogen-bond acceptors (Lipinski definition) is 2. The molecule has 3 N–H and O–H groups in total. The maximum absolute atomic E-state index is 12.6. The fraction of sp³-hybridized carbons (Fsp3) is 0.190. The van der Waals surface area contributed by atoms with Crippen molar-refractivity contribution in [3.8, 4) is 0 Å². The number of benzene rings is 2. The summed E-state index contributed by atoms with van der Waals surface area (Å²) in [6.07, 6.45) is 1.66. The van der Waals surface area contributed by atoms with E-state index in [9.17, 15) is 4.79 Å². The minimum absolute atomic E-state index is 0.0295. The summed E-state index contributed by atoms with van der Waals surface area (Å²) in [6, 6.07) is 21.4. The van der Waals surface area contributed by atoms with Gasteiger partial charge in [0.25, 0.3) is 5.91 Å². The first-order valence-corrected chi connectivity index (χ1v) is 8.44. The van der Waals surface area contributed by atoms with Crippen LogP contribution in [-0.4, -0.2) is 11.9 Å². The van der Waals surface area contributed by atoms with Crippen LogP contribution >= 0.6 is 0 Å². The monoisotopic (exact) mass is 335 g/mol. The lowest BCUT2D eigenvalue weighted by atomic mass is 10.0. The van der Waals surface area contributed by atoms with Crippen molar-refractivity contribution in [2.24, 2.45) is 0 Å². The Morgan fingerprint density at radius 1 is 1.04 bits per heavy atom. The van der Waals surface area contributed by atoms with Gasteiger partial charge in [0.05, 0.1) is 6.26 Å². The van der Waals surface area contributed by atoms with Gasteiger partial charge in [-0.1, -0.05) is 42.5 Å². The van der Waals surface area contributed by atoms with E-state index in [0.717, 1.165) is 22.6 Å². The first-order valence-electron chi connectivity index (χ1n) is 8.44. The van der Waals surface area contributed by atoms with Gasteiger partial charge in [0.1, 0.15) is 0 Å². The largest absolute Gasteiger partial charge is 0.463 e. The Hall–Kier alpha value is -2.85. The van der Waals surface area contributed by atoms with E-state index < -0.39 is 0 Å². The lowest BCUT2D eigenvalue weighted by Gasteiger charge is -2.19. The van der Waals surface area contributed by atoms with Crippen LogP contribution in [-0.2, 0) is 4.79 Å². The summed E-state index contributed by atoms with van der Waals surface area (Å²) in [7, 11) is 0. The van der Waals surface area contributed by atoms with Crippen LogP contribution in [0.2, 0.25) is 0 Å². The zero-order valence-electron chi connectivity index (χ0n) is 14.5. The second-order valence-electron chi connectivity index (χ2n) is 6.24. The van der Waals surface area contributed by atoms with Gasteiger partial charge in [-0.05, 0) is 43.7 Å². The Labute approximate surface area is 147 Å². The SMILES string of the molecule is Cc1cccc(NC(=O)[C@H](C)[NH2+][C@@H](c2ccccc2)c2ccco2)c1. The van der Waals surface area contributed by atoms with Crippen LogP contribution in [0.4, 0.5) is 5.69 Å². The highest BCUT2D eigenvalue weighted by Crippen LogP contribution is 2.18. The summed E-state index contributed by atoms with van der Waals surface area (Å²) < 4.78 is 5.60. The molecule has 0 spiro atoms. The summed E-state index contributed by atoms with van der Waals surface area (Å²) in [5.74, 6) is 0.805. The van der Waals surface area contributed by atoms with Gasteiger partial charge in [-0.2, -0.15) is 0 Å². The van der Waals surface area contributed by atoms with Gasteiger partial charge >= 0.3 is 0 Å². The molecule has 128 valence electrons. The molecule has 0 saturated heterocycles. The number of quaternary nitrogens is 1. The van der Waals surface area contributed by atoms with Crippen LogP contribution in [0.1, 0.15) is 29.9 Å². The average molecular weight is 335 g/mol. The molecule has 2 atom stereocenters. The maximum atomic E-state index is 12.6. The number of rotatable bonds is 6. The van der Waals surface area contributed by atoms with E-state index in [1.165, 1.54) is 0 Å². The molecule has 3 aromatic rings. The summed E-state index contributed by atoms with van der Waals surface area (Å²) in [5.41, 5.74) is 3.04. The third kappa shape index (κ3) is 4.37. The molecule has 25 heavy (non-hydrogen) atoms. The van der Waals surface area contributed by atoms with Crippen molar-refractivity contribution in [3.63, 3.8) is 0 Å². The Kier molecular flexibility index (Phi) is 5.31. The normalized spacial score (nSPS) is 13.2. The molecule has 0 aliphatic rings. The van der Waals surface area contributed by atoms with Crippen LogP contribution in [0.3, 0.4) is 0 Å². The highest BCUT2D eigenvalue weighted by molar-refractivity contribution is 5.93. The first kappa shape index (κ1) is 17.0. The molecule has 2 aromatic carbocycles. The molecule has 0 bridgehead atoms. The molecule has 3 rings (SSSR count). The van der Waals surface area contributed by atoms with Crippen LogP contribution < -0.4 is 10.6 Å². The van der Waals surface area contributed by atoms with Gasteiger partial charge in [-0.3, -0.25) is 4.79 Å². The number of hydrogen-bond donors (Lipinski definition) is 2. The van der Waals surface area contributed by atoms with Crippen LogP contribution in [0.15, 0.2) is 77.4 Å². The van der Waals surface area contributed by atoms with Gasteiger partial charge in [0.2, 0.25) is 0 Å². The van der Waals surface area contributed by atoms with Crippen molar-refractivity contribution in [2.75, 3.05) is 5.32 Å². The molecule has 0 unspecified atom stereocenters. The fourth-order valence-electron chi connectivity index (χ4n) is 2.85. The quantitative estimate of drug-likeness (QED) is 0.726. The van der Waals surface area contributed by atoms with Gasteiger partial charge in [-0.15, -0.1) is 0 Å². The highest BCUT2D eigenvalue weighted by atomic mass is 16.3.